The monoisotopic (exact) mass is 321 g/mol. The predicted molar refractivity (Wildman–Crippen MR) is 93.0 cm³/mol. The third kappa shape index (κ3) is 5.68. The molecule has 22 heavy (non-hydrogen) atoms. The summed E-state index contributed by atoms with van der Waals surface area (Å²) in [7, 11) is 1.71. The summed E-state index contributed by atoms with van der Waals surface area (Å²) in [6.45, 7) is 4.14. The Kier molecular flexibility index (Phi) is 8.60. The first kappa shape index (κ1) is 18.5. The number of hydrogen-bond acceptors (Lipinski definition) is 3. The second-order valence-electron chi connectivity index (χ2n) is 4.99. The fourth-order valence-corrected chi connectivity index (χ4v) is 2.19. The Morgan fingerprint density at radius 1 is 1.00 bits per heavy atom. The average Bonchev–Trinajstić information content (AvgIpc) is 2.53. The molecule has 0 saturated carbocycles. The van der Waals surface area contributed by atoms with Gasteiger partial charge in [0.1, 0.15) is 12.4 Å². The van der Waals surface area contributed by atoms with Crippen LogP contribution in [0.1, 0.15) is 17.2 Å². The lowest BCUT2D eigenvalue weighted by Crippen LogP contribution is -2.29. The van der Waals surface area contributed by atoms with Crippen molar-refractivity contribution < 1.29 is 9.47 Å². The van der Waals surface area contributed by atoms with Gasteiger partial charge in [-0.1, -0.05) is 48.5 Å². The lowest BCUT2D eigenvalue weighted by Gasteiger charge is -2.20. The van der Waals surface area contributed by atoms with Gasteiger partial charge in [-0.3, -0.25) is 0 Å². The lowest BCUT2D eigenvalue weighted by molar-refractivity contribution is 0.187. The van der Waals surface area contributed by atoms with E-state index in [9.17, 15) is 0 Å². The Morgan fingerprint density at radius 3 is 2.36 bits per heavy atom. The first-order valence-corrected chi connectivity index (χ1v) is 7.27. The Morgan fingerprint density at radius 2 is 1.68 bits per heavy atom. The van der Waals surface area contributed by atoms with E-state index in [1.807, 2.05) is 36.4 Å². The van der Waals surface area contributed by atoms with Gasteiger partial charge in [0.15, 0.2) is 0 Å². The smallest absolute Gasteiger partial charge is 0.122 e. The molecule has 1 N–H and O–H groups in total. The summed E-state index contributed by atoms with van der Waals surface area (Å²) >= 11 is 0. The van der Waals surface area contributed by atoms with Crippen LogP contribution in [0.3, 0.4) is 0 Å². The molecule has 0 saturated heterocycles. The van der Waals surface area contributed by atoms with Gasteiger partial charge in [-0.15, -0.1) is 12.4 Å². The van der Waals surface area contributed by atoms with Crippen molar-refractivity contribution >= 4 is 12.4 Å². The fraction of sp³-hybridized carbons (Fsp3) is 0.333. The van der Waals surface area contributed by atoms with Crippen LogP contribution in [-0.4, -0.2) is 26.9 Å². The van der Waals surface area contributed by atoms with Gasteiger partial charge in [0, 0.05) is 13.7 Å². The molecule has 0 aliphatic heterocycles. The van der Waals surface area contributed by atoms with Gasteiger partial charge in [-0.25, -0.2) is 0 Å². The summed E-state index contributed by atoms with van der Waals surface area (Å²) in [5.41, 5.74) is 2.38. The molecule has 0 aromatic heterocycles. The largest absolute Gasteiger partial charge is 0.491 e. The average molecular weight is 322 g/mol. The molecule has 0 aliphatic carbocycles. The van der Waals surface area contributed by atoms with Gasteiger partial charge >= 0.3 is 0 Å². The van der Waals surface area contributed by atoms with Crippen molar-refractivity contribution in [3.8, 4) is 5.75 Å². The standard InChI is InChI=1S/C18H23NO2.ClH/c1-15-8-6-7-11-18(15)21-14-17(19-12-13-20-2)16-9-4-3-5-10-16;/h3-11,17,19H,12-14H2,1-2H3;1H. The number of rotatable bonds is 8. The van der Waals surface area contributed by atoms with Crippen LogP contribution in [0.25, 0.3) is 0 Å². The maximum Gasteiger partial charge on any atom is 0.122 e. The fourth-order valence-electron chi connectivity index (χ4n) is 2.19. The van der Waals surface area contributed by atoms with E-state index in [0.717, 1.165) is 17.9 Å². The minimum atomic E-state index is 0. The summed E-state index contributed by atoms with van der Waals surface area (Å²) in [5, 5.41) is 3.48. The van der Waals surface area contributed by atoms with Crippen molar-refractivity contribution in [3.05, 3.63) is 65.7 Å². The Labute approximate surface area is 139 Å². The number of benzene rings is 2. The highest BCUT2D eigenvalue weighted by Crippen LogP contribution is 2.19. The van der Waals surface area contributed by atoms with Gasteiger partial charge in [-0.05, 0) is 24.1 Å². The number of para-hydroxylation sites is 1. The molecular formula is C18H24ClNO2. The van der Waals surface area contributed by atoms with Crippen molar-refractivity contribution in [2.45, 2.75) is 13.0 Å². The first-order chi connectivity index (χ1) is 10.3. The first-order valence-electron chi connectivity index (χ1n) is 7.27. The number of hydrogen-bond donors (Lipinski definition) is 1. The summed E-state index contributed by atoms with van der Waals surface area (Å²) in [6.07, 6.45) is 0. The molecule has 1 atom stereocenters. The van der Waals surface area contributed by atoms with Crippen LogP contribution in [0.15, 0.2) is 54.6 Å². The zero-order chi connectivity index (χ0) is 14.9. The van der Waals surface area contributed by atoms with Crippen LogP contribution in [0, 0.1) is 6.92 Å². The highest BCUT2D eigenvalue weighted by atomic mass is 35.5. The lowest BCUT2D eigenvalue weighted by atomic mass is 10.1. The van der Waals surface area contributed by atoms with E-state index >= 15 is 0 Å². The Hall–Kier alpha value is -1.55. The summed E-state index contributed by atoms with van der Waals surface area (Å²) < 4.78 is 11.1. The zero-order valence-electron chi connectivity index (χ0n) is 13.1. The SMILES string of the molecule is COCCNC(COc1ccccc1C)c1ccccc1.Cl. The molecule has 3 nitrogen and oxygen atoms in total. The van der Waals surface area contributed by atoms with Gasteiger partial charge in [0.05, 0.1) is 12.6 Å². The third-order valence-electron chi connectivity index (χ3n) is 3.40. The molecule has 4 heteroatoms. The second kappa shape index (κ2) is 10.2. The number of methoxy groups -OCH3 is 1. The number of aryl methyl sites for hydroxylation is 1. The molecule has 0 amide bonds. The second-order valence-corrected chi connectivity index (χ2v) is 4.99. The number of nitrogens with one attached hydrogen (secondary N) is 1. The van der Waals surface area contributed by atoms with E-state index in [2.05, 4.69) is 30.4 Å². The van der Waals surface area contributed by atoms with Crippen LogP contribution in [-0.2, 0) is 4.74 Å². The van der Waals surface area contributed by atoms with Crippen LogP contribution >= 0.6 is 12.4 Å². The van der Waals surface area contributed by atoms with Crippen molar-refractivity contribution in [1.82, 2.24) is 5.32 Å². The third-order valence-corrected chi connectivity index (χ3v) is 3.40. The van der Waals surface area contributed by atoms with Gasteiger partial charge in [0.2, 0.25) is 0 Å². The molecule has 2 aromatic rings. The zero-order valence-corrected chi connectivity index (χ0v) is 13.9. The maximum atomic E-state index is 5.98. The van der Waals surface area contributed by atoms with Crippen LogP contribution < -0.4 is 10.1 Å². The molecule has 0 aliphatic rings. The minimum Gasteiger partial charge on any atom is -0.491 e. The highest BCUT2D eigenvalue weighted by molar-refractivity contribution is 5.85. The molecule has 0 radical (unpaired) electrons. The van der Waals surface area contributed by atoms with Crippen LogP contribution in [0.2, 0.25) is 0 Å². The van der Waals surface area contributed by atoms with Crippen molar-refractivity contribution in [2.75, 3.05) is 26.9 Å². The Balaban J connectivity index is 0.00000242. The molecular weight excluding hydrogens is 298 g/mol. The summed E-state index contributed by atoms with van der Waals surface area (Å²) in [6, 6.07) is 18.6. The van der Waals surface area contributed by atoms with E-state index in [4.69, 9.17) is 9.47 Å². The van der Waals surface area contributed by atoms with Crippen molar-refractivity contribution in [3.63, 3.8) is 0 Å². The molecule has 0 bridgehead atoms. The number of halogens is 1. The van der Waals surface area contributed by atoms with Crippen LogP contribution in [0.5, 0.6) is 5.75 Å². The topological polar surface area (TPSA) is 30.5 Å². The highest BCUT2D eigenvalue weighted by Gasteiger charge is 2.12. The van der Waals surface area contributed by atoms with E-state index in [-0.39, 0.29) is 18.4 Å². The quantitative estimate of drug-likeness (QED) is 0.751. The van der Waals surface area contributed by atoms with Gasteiger partial charge < -0.3 is 14.8 Å². The number of ether oxygens (including phenoxy) is 2. The van der Waals surface area contributed by atoms with E-state index in [0.29, 0.717) is 13.2 Å². The maximum absolute atomic E-state index is 5.98. The molecule has 0 heterocycles. The van der Waals surface area contributed by atoms with Gasteiger partial charge in [0.25, 0.3) is 0 Å². The Bertz CT molecular complexity index is 534. The van der Waals surface area contributed by atoms with Crippen LogP contribution in [0.4, 0.5) is 0 Å². The normalized spacial score (nSPS) is 11.5. The molecule has 2 rings (SSSR count). The van der Waals surface area contributed by atoms with E-state index < -0.39 is 0 Å². The molecule has 120 valence electrons. The van der Waals surface area contributed by atoms with Crippen molar-refractivity contribution in [2.24, 2.45) is 0 Å². The summed E-state index contributed by atoms with van der Waals surface area (Å²) in [4.78, 5) is 0. The molecule has 0 spiro atoms. The summed E-state index contributed by atoms with van der Waals surface area (Å²) in [5.74, 6) is 0.937. The van der Waals surface area contributed by atoms with E-state index in [1.165, 1.54) is 5.56 Å². The molecule has 2 aromatic carbocycles. The molecule has 0 fully saturated rings. The predicted octanol–water partition coefficient (Wildman–Crippen LogP) is 3.77. The minimum absolute atomic E-state index is 0. The molecule has 1 unspecified atom stereocenters. The van der Waals surface area contributed by atoms with Gasteiger partial charge in [-0.2, -0.15) is 0 Å². The van der Waals surface area contributed by atoms with Crippen molar-refractivity contribution in [1.29, 1.82) is 0 Å². The van der Waals surface area contributed by atoms with E-state index in [1.54, 1.807) is 7.11 Å².